The number of amides is 2. The van der Waals surface area contributed by atoms with Gasteiger partial charge in [0.15, 0.2) is 0 Å². The van der Waals surface area contributed by atoms with Gasteiger partial charge in [-0.2, -0.15) is 0 Å². The van der Waals surface area contributed by atoms with Crippen molar-refractivity contribution in [1.29, 1.82) is 0 Å². The first kappa shape index (κ1) is 22.9. The van der Waals surface area contributed by atoms with Crippen LogP contribution in [0.2, 0.25) is 0 Å². The highest BCUT2D eigenvalue weighted by molar-refractivity contribution is 6.04. The number of carboxylic acids is 1. The van der Waals surface area contributed by atoms with Gasteiger partial charge in [-0.15, -0.1) is 0 Å². The van der Waals surface area contributed by atoms with E-state index in [1.165, 1.54) is 18.3 Å². The van der Waals surface area contributed by atoms with Gasteiger partial charge in [0.25, 0.3) is 5.91 Å². The first-order chi connectivity index (χ1) is 12.9. The number of anilines is 1. The van der Waals surface area contributed by atoms with E-state index in [0.29, 0.717) is 6.42 Å². The molecular formula is C18H25N3O7. The van der Waals surface area contributed by atoms with E-state index in [9.17, 15) is 19.2 Å². The molecule has 0 fully saturated rings. The third kappa shape index (κ3) is 7.60. The molecule has 28 heavy (non-hydrogen) atoms. The molecule has 0 spiro atoms. The number of pyridine rings is 1. The maximum absolute atomic E-state index is 12.2. The SMILES string of the molecule is CCC(C)OC(=O)C(NC(=O)c1ccc(NC(=O)OC(C)(C)C)cn1)C(=O)O. The Morgan fingerprint density at radius 3 is 2.32 bits per heavy atom. The molecular weight excluding hydrogens is 370 g/mol. The van der Waals surface area contributed by atoms with E-state index in [1.807, 2.05) is 0 Å². The summed E-state index contributed by atoms with van der Waals surface area (Å²) in [5.41, 5.74) is -0.540. The highest BCUT2D eigenvalue weighted by Crippen LogP contribution is 2.11. The number of carbonyl (C=O) groups excluding carboxylic acids is 3. The van der Waals surface area contributed by atoms with E-state index in [4.69, 9.17) is 14.6 Å². The lowest BCUT2D eigenvalue weighted by molar-refractivity contribution is -0.158. The molecule has 0 bridgehead atoms. The van der Waals surface area contributed by atoms with Gasteiger partial charge in [-0.05, 0) is 46.2 Å². The molecule has 3 N–H and O–H groups in total. The van der Waals surface area contributed by atoms with Crippen molar-refractivity contribution in [3.05, 3.63) is 24.0 Å². The lowest BCUT2D eigenvalue weighted by atomic mass is 10.2. The zero-order chi connectivity index (χ0) is 21.5. The number of carboxylic acid groups (broad SMARTS) is 1. The van der Waals surface area contributed by atoms with Crippen molar-refractivity contribution in [3.8, 4) is 0 Å². The van der Waals surface area contributed by atoms with Crippen LogP contribution in [-0.2, 0) is 19.1 Å². The number of ether oxygens (including phenoxy) is 2. The second-order valence-electron chi connectivity index (χ2n) is 6.96. The highest BCUT2D eigenvalue weighted by Gasteiger charge is 2.31. The monoisotopic (exact) mass is 395 g/mol. The van der Waals surface area contributed by atoms with Crippen LogP contribution in [0.5, 0.6) is 0 Å². The molecule has 1 heterocycles. The second-order valence-corrected chi connectivity index (χ2v) is 6.96. The Balaban J connectivity index is 2.76. The largest absolute Gasteiger partial charge is 0.479 e. The standard InChI is InChI=1S/C18H25N3O7/c1-6-10(2)27-16(25)13(15(23)24)21-14(22)12-8-7-11(9-19-12)20-17(26)28-18(3,4)5/h7-10,13H,6H2,1-5H3,(H,20,26)(H,21,22)(H,23,24). The minimum absolute atomic E-state index is 0.141. The Morgan fingerprint density at radius 1 is 1.21 bits per heavy atom. The summed E-state index contributed by atoms with van der Waals surface area (Å²) in [6.07, 6.45) is 0.527. The van der Waals surface area contributed by atoms with Gasteiger partial charge in [-0.25, -0.2) is 19.4 Å². The number of hydrogen-bond donors (Lipinski definition) is 3. The van der Waals surface area contributed by atoms with Crippen LogP contribution in [0.4, 0.5) is 10.5 Å². The molecule has 154 valence electrons. The van der Waals surface area contributed by atoms with Crippen LogP contribution >= 0.6 is 0 Å². The Bertz CT molecular complexity index is 726. The minimum Gasteiger partial charge on any atom is -0.479 e. The van der Waals surface area contributed by atoms with E-state index in [0.717, 1.165) is 0 Å². The van der Waals surface area contributed by atoms with Crippen molar-refractivity contribution in [1.82, 2.24) is 10.3 Å². The van der Waals surface area contributed by atoms with Crippen LogP contribution in [0, 0.1) is 0 Å². The average molecular weight is 395 g/mol. The summed E-state index contributed by atoms with van der Waals surface area (Å²) in [4.78, 5) is 50.9. The lowest BCUT2D eigenvalue weighted by Gasteiger charge is -2.19. The fourth-order valence-electron chi connectivity index (χ4n) is 1.80. The van der Waals surface area contributed by atoms with E-state index in [2.05, 4.69) is 15.6 Å². The first-order valence-electron chi connectivity index (χ1n) is 8.63. The molecule has 1 aromatic heterocycles. The molecule has 2 unspecified atom stereocenters. The van der Waals surface area contributed by atoms with Gasteiger partial charge < -0.3 is 19.9 Å². The number of rotatable bonds is 7. The van der Waals surface area contributed by atoms with Crippen LogP contribution in [0.25, 0.3) is 0 Å². The normalized spacial score (nSPS) is 13.0. The van der Waals surface area contributed by atoms with Gasteiger partial charge in [0.05, 0.1) is 18.0 Å². The predicted molar refractivity (Wildman–Crippen MR) is 98.8 cm³/mol. The molecule has 0 aliphatic carbocycles. The number of nitrogens with zero attached hydrogens (tertiary/aromatic N) is 1. The fourth-order valence-corrected chi connectivity index (χ4v) is 1.80. The fraction of sp³-hybridized carbons (Fsp3) is 0.500. The summed E-state index contributed by atoms with van der Waals surface area (Å²) in [5, 5.41) is 13.7. The van der Waals surface area contributed by atoms with Crippen molar-refractivity contribution < 1.29 is 33.8 Å². The lowest BCUT2D eigenvalue weighted by Crippen LogP contribution is -2.48. The molecule has 10 nitrogen and oxygen atoms in total. The molecule has 2 atom stereocenters. The number of carbonyl (C=O) groups is 4. The van der Waals surface area contributed by atoms with E-state index < -0.39 is 41.7 Å². The first-order valence-corrected chi connectivity index (χ1v) is 8.63. The second kappa shape index (κ2) is 9.67. The number of nitrogens with one attached hydrogen (secondary N) is 2. The minimum atomic E-state index is -1.86. The molecule has 1 rings (SSSR count). The third-order valence-electron chi connectivity index (χ3n) is 3.29. The summed E-state index contributed by atoms with van der Waals surface area (Å²) in [5.74, 6) is -3.50. The van der Waals surface area contributed by atoms with Crippen molar-refractivity contribution in [3.63, 3.8) is 0 Å². The van der Waals surface area contributed by atoms with Crippen molar-refractivity contribution >= 4 is 29.6 Å². The van der Waals surface area contributed by atoms with Gasteiger partial charge in [-0.1, -0.05) is 6.92 Å². The molecule has 0 radical (unpaired) electrons. The molecule has 0 aliphatic rings. The molecule has 0 aromatic carbocycles. The van der Waals surface area contributed by atoms with E-state index >= 15 is 0 Å². The van der Waals surface area contributed by atoms with Crippen molar-refractivity contribution in [2.75, 3.05) is 5.32 Å². The van der Waals surface area contributed by atoms with Gasteiger partial charge in [0, 0.05) is 0 Å². The maximum atomic E-state index is 12.2. The number of aliphatic carboxylic acids is 1. The molecule has 0 saturated heterocycles. The molecule has 0 aliphatic heterocycles. The molecule has 2 amide bonds. The van der Waals surface area contributed by atoms with Crippen LogP contribution < -0.4 is 10.6 Å². The molecule has 10 heteroatoms. The maximum Gasteiger partial charge on any atom is 0.412 e. The molecule has 1 aromatic rings. The Morgan fingerprint density at radius 2 is 1.86 bits per heavy atom. The van der Waals surface area contributed by atoms with Crippen LogP contribution in [-0.4, -0.2) is 51.8 Å². The van der Waals surface area contributed by atoms with Gasteiger partial charge in [-0.3, -0.25) is 10.1 Å². The van der Waals surface area contributed by atoms with Gasteiger partial charge in [0.2, 0.25) is 6.04 Å². The Labute approximate surface area is 162 Å². The average Bonchev–Trinajstić information content (AvgIpc) is 2.57. The van der Waals surface area contributed by atoms with Crippen LogP contribution in [0.3, 0.4) is 0 Å². The summed E-state index contributed by atoms with van der Waals surface area (Å²) in [7, 11) is 0. The zero-order valence-electron chi connectivity index (χ0n) is 16.4. The summed E-state index contributed by atoms with van der Waals surface area (Å²) in [6, 6.07) is 0.794. The van der Waals surface area contributed by atoms with Crippen molar-refractivity contribution in [2.45, 2.75) is 58.8 Å². The van der Waals surface area contributed by atoms with E-state index in [1.54, 1.807) is 34.6 Å². The van der Waals surface area contributed by atoms with Gasteiger partial charge >= 0.3 is 18.0 Å². The highest BCUT2D eigenvalue weighted by atomic mass is 16.6. The summed E-state index contributed by atoms with van der Waals surface area (Å²) in [6.45, 7) is 8.51. The number of esters is 1. The van der Waals surface area contributed by atoms with Crippen molar-refractivity contribution in [2.24, 2.45) is 0 Å². The predicted octanol–water partition coefficient (Wildman–Crippen LogP) is 1.95. The number of hydrogen-bond acceptors (Lipinski definition) is 7. The van der Waals surface area contributed by atoms with E-state index in [-0.39, 0.29) is 11.4 Å². The smallest absolute Gasteiger partial charge is 0.412 e. The summed E-state index contributed by atoms with van der Waals surface area (Å²) >= 11 is 0. The molecule has 0 saturated carbocycles. The Hall–Kier alpha value is -3.17. The zero-order valence-corrected chi connectivity index (χ0v) is 16.4. The number of aromatic nitrogens is 1. The van der Waals surface area contributed by atoms with Crippen LogP contribution in [0.15, 0.2) is 18.3 Å². The quantitative estimate of drug-likeness (QED) is 0.469. The van der Waals surface area contributed by atoms with Gasteiger partial charge in [0.1, 0.15) is 11.3 Å². The third-order valence-corrected chi connectivity index (χ3v) is 3.29. The topological polar surface area (TPSA) is 144 Å². The summed E-state index contributed by atoms with van der Waals surface area (Å²) < 4.78 is 10.0. The Kier molecular flexibility index (Phi) is 7.90. The van der Waals surface area contributed by atoms with Crippen LogP contribution in [0.1, 0.15) is 51.5 Å².